The van der Waals surface area contributed by atoms with E-state index in [0.717, 1.165) is 13.0 Å². The van der Waals surface area contributed by atoms with Crippen molar-refractivity contribution in [3.63, 3.8) is 0 Å². The molecule has 1 heteroatoms. The highest BCUT2D eigenvalue weighted by Gasteiger charge is 1.64. The van der Waals surface area contributed by atoms with E-state index in [-0.39, 0.29) is 0 Å². The first-order chi connectivity index (χ1) is 2.91. The summed E-state index contributed by atoms with van der Waals surface area (Å²) in [5.74, 6) is 0. The van der Waals surface area contributed by atoms with E-state index in [1.807, 2.05) is 0 Å². The average molecular weight is 84.1 g/mol. The van der Waals surface area contributed by atoms with Crippen molar-refractivity contribution in [3.05, 3.63) is 19.2 Å². The van der Waals surface area contributed by atoms with Crippen molar-refractivity contribution in [3.8, 4) is 0 Å². The Hall–Kier alpha value is -0.170. The Kier molecular flexibility index (Phi) is 4.69. The van der Waals surface area contributed by atoms with Crippen molar-refractivity contribution < 1.29 is 0 Å². The monoisotopic (exact) mass is 84.1 g/mol. The van der Waals surface area contributed by atoms with Crippen LogP contribution >= 0.6 is 0 Å². The SMILES string of the molecule is [CH2]C[N-]CC[CH2+]. The van der Waals surface area contributed by atoms with Gasteiger partial charge in [0.15, 0.2) is 0 Å². The van der Waals surface area contributed by atoms with Gasteiger partial charge in [-0.2, -0.15) is 0 Å². The molecule has 0 N–H and O–H groups in total. The fourth-order valence-corrected chi connectivity index (χ4v) is 0.224. The van der Waals surface area contributed by atoms with Crippen molar-refractivity contribution >= 4 is 0 Å². The molecule has 0 aromatic carbocycles. The molecule has 0 saturated carbocycles. The van der Waals surface area contributed by atoms with Gasteiger partial charge in [-0.05, 0) is 0 Å². The Morgan fingerprint density at radius 2 is 2.33 bits per heavy atom. The van der Waals surface area contributed by atoms with Gasteiger partial charge in [0.1, 0.15) is 0 Å². The lowest BCUT2D eigenvalue weighted by Gasteiger charge is -2.08. The molecule has 0 saturated heterocycles. The summed E-state index contributed by atoms with van der Waals surface area (Å²) in [4.78, 5) is 0. The fourth-order valence-electron chi connectivity index (χ4n) is 0.224. The van der Waals surface area contributed by atoms with Crippen LogP contribution < -0.4 is 0 Å². The molecule has 0 unspecified atom stereocenters. The van der Waals surface area contributed by atoms with Gasteiger partial charge in [-0.1, -0.05) is 6.92 Å². The van der Waals surface area contributed by atoms with Crippen LogP contribution in [0.2, 0.25) is 0 Å². The lowest BCUT2D eigenvalue weighted by Crippen LogP contribution is -1.79. The maximum atomic E-state index is 3.92. The smallest absolute Gasteiger partial charge is 0.0663 e. The average Bonchev–Trinajstić information content (AvgIpc) is 1.61. The maximum absolute atomic E-state index is 3.92. The minimum atomic E-state index is 0.690. The Balaban J connectivity index is 2.34. The van der Waals surface area contributed by atoms with Crippen molar-refractivity contribution in [1.82, 2.24) is 0 Å². The van der Waals surface area contributed by atoms with Crippen LogP contribution in [-0.2, 0) is 0 Å². The van der Waals surface area contributed by atoms with E-state index in [2.05, 4.69) is 19.2 Å². The standard InChI is InChI=1S/C5H10N/c1-3-5-6-4-2/h1-5H2. The van der Waals surface area contributed by atoms with Crippen molar-refractivity contribution in [2.75, 3.05) is 13.1 Å². The van der Waals surface area contributed by atoms with E-state index < -0.39 is 0 Å². The van der Waals surface area contributed by atoms with E-state index >= 15 is 0 Å². The van der Waals surface area contributed by atoms with Crippen LogP contribution in [0.5, 0.6) is 0 Å². The molecule has 0 bridgehead atoms. The van der Waals surface area contributed by atoms with Gasteiger partial charge in [0.25, 0.3) is 0 Å². The molecule has 35 valence electrons. The Labute approximate surface area is 39.7 Å². The molecular formula is C5H10N. The first-order valence-corrected chi connectivity index (χ1v) is 2.13. The third-order valence-corrected chi connectivity index (χ3v) is 0.474. The topological polar surface area (TPSA) is 14.1 Å². The Morgan fingerprint density at radius 1 is 1.67 bits per heavy atom. The lowest BCUT2D eigenvalue weighted by atomic mass is 10.5. The first kappa shape index (κ1) is 5.83. The fraction of sp³-hybridized carbons (Fsp3) is 0.600. The highest BCUT2D eigenvalue weighted by molar-refractivity contribution is 4.79. The molecule has 0 aliphatic heterocycles. The van der Waals surface area contributed by atoms with E-state index in [9.17, 15) is 0 Å². The largest absolute Gasteiger partial charge is 0.659 e. The van der Waals surface area contributed by atoms with Crippen LogP contribution in [-0.4, -0.2) is 13.1 Å². The van der Waals surface area contributed by atoms with Gasteiger partial charge in [-0.15, -0.1) is 13.1 Å². The lowest BCUT2D eigenvalue weighted by molar-refractivity contribution is 1.06. The van der Waals surface area contributed by atoms with Gasteiger partial charge < -0.3 is 5.32 Å². The van der Waals surface area contributed by atoms with Crippen LogP contribution in [0.15, 0.2) is 0 Å². The molecule has 1 radical (unpaired) electrons. The molecule has 0 amide bonds. The molecule has 0 heterocycles. The molecule has 0 rings (SSSR count). The second-order valence-electron chi connectivity index (χ2n) is 1.02. The third kappa shape index (κ3) is 3.83. The first-order valence-electron chi connectivity index (χ1n) is 2.13. The van der Waals surface area contributed by atoms with Gasteiger partial charge in [0.05, 0.1) is 13.3 Å². The van der Waals surface area contributed by atoms with Crippen LogP contribution in [0, 0.1) is 13.8 Å². The summed E-state index contributed by atoms with van der Waals surface area (Å²) in [6.07, 6.45) is 0.898. The summed E-state index contributed by atoms with van der Waals surface area (Å²) < 4.78 is 0. The number of rotatable bonds is 3. The highest BCUT2D eigenvalue weighted by Crippen LogP contribution is 1.84. The summed E-state index contributed by atoms with van der Waals surface area (Å²) in [6.45, 7) is 8.68. The number of hydrogen-bond donors (Lipinski definition) is 0. The van der Waals surface area contributed by atoms with Crippen molar-refractivity contribution in [2.24, 2.45) is 0 Å². The molecule has 1 nitrogen and oxygen atoms in total. The van der Waals surface area contributed by atoms with Gasteiger partial charge in [-0.25, -0.2) is 0 Å². The summed E-state index contributed by atoms with van der Waals surface area (Å²) in [5.41, 5.74) is 0. The molecule has 0 aromatic heterocycles. The zero-order chi connectivity index (χ0) is 4.83. The van der Waals surface area contributed by atoms with Crippen LogP contribution in [0.4, 0.5) is 0 Å². The van der Waals surface area contributed by atoms with Crippen LogP contribution in [0.25, 0.3) is 5.32 Å². The van der Waals surface area contributed by atoms with E-state index in [4.69, 9.17) is 0 Å². The molecule has 0 aromatic rings. The minimum Gasteiger partial charge on any atom is -0.659 e. The van der Waals surface area contributed by atoms with Crippen LogP contribution in [0.1, 0.15) is 6.42 Å². The van der Waals surface area contributed by atoms with Crippen molar-refractivity contribution in [1.29, 1.82) is 0 Å². The highest BCUT2D eigenvalue weighted by atomic mass is 14.8. The van der Waals surface area contributed by atoms with Gasteiger partial charge in [-0.3, -0.25) is 0 Å². The second kappa shape index (κ2) is 4.83. The number of hydrogen-bond acceptors (Lipinski definition) is 0. The molecule has 0 atom stereocenters. The quantitative estimate of drug-likeness (QED) is 0.362. The van der Waals surface area contributed by atoms with Crippen LogP contribution in [0.3, 0.4) is 0 Å². The Morgan fingerprint density at radius 3 is 2.50 bits per heavy atom. The minimum absolute atomic E-state index is 0.690. The maximum Gasteiger partial charge on any atom is 0.0663 e. The predicted octanol–water partition coefficient (Wildman–Crippen LogP) is 1.42. The van der Waals surface area contributed by atoms with E-state index in [1.54, 1.807) is 0 Å². The van der Waals surface area contributed by atoms with Gasteiger partial charge in [0, 0.05) is 0 Å². The summed E-state index contributed by atoms with van der Waals surface area (Å²) in [6, 6.07) is 0. The van der Waals surface area contributed by atoms with Gasteiger partial charge >= 0.3 is 0 Å². The zero-order valence-electron chi connectivity index (χ0n) is 3.98. The second-order valence-corrected chi connectivity index (χ2v) is 1.02. The zero-order valence-corrected chi connectivity index (χ0v) is 3.98. The molecule has 0 aliphatic rings. The van der Waals surface area contributed by atoms with Crippen molar-refractivity contribution in [2.45, 2.75) is 6.42 Å². The molecular weight excluding hydrogens is 74.1 g/mol. The van der Waals surface area contributed by atoms with Gasteiger partial charge in [0.2, 0.25) is 0 Å². The summed E-state index contributed by atoms with van der Waals surface area (Å²) in [5, 5.41) is 3.92. The van der Waals surface area contributed by atoms with E-state index in [0.29, 0.717) is 6.54 Å². The number of nitrogens with zero attached hydrogens (tertiary/aromatic N) is 1. The molecule has 6 heavy (non-hydrogen) atoms. The molecule has 0 fully saturated rings. The molecule has 0 spiro atoms. The predicted molar refractivity (Wildman–Crippen MR) is 28.4 cm³/mol. The summed E-state index contributed by atoms with van der Waals surface area (Å²) in [7, 11) is 0. The van der Waals surface area contributed by atoms with E-state index in [1.165, 1.54) is 0 Å². The Bertz CT molecular complexity index is 15.9. The molecule has 0 aliphatic carbocycles. The third-order valence-electron chi connectivity index (χ3n) is 0.474. The normalized spacial score (nSPS) is 8.83. The summed E-state index contributed by atoms with van der Waals surface area (Å²) >= 11 is 0.